The Morgan fingerprint density at radius 1 is 1.36 bits per heavy atom. The molecule has 0 aliphatic carbocycles. The standard InChI is InChI=1S/C15H12N4O2S/c1-3-9-22-15-17-16-13-14(20)18(7-8-19(13)15)11-5-4-6-12(10-11)21-2/h1,4-8,10H,9H2,2H3. The summed E-state index contributed by atoms with van der Waals surface area (Å²) in [4.78, 5) is 12.6. The minimum Gasteiger partial charge on any atom is -0.497 e. The van der Waals surface area contributed by atoms with E-state index < -0.39 is 0 Å². The molecule has 0 aliphatic heterocycles. The van der Waals surface area contributed by atoms with Crippen LogP contribution in [0.3, 0.4) is 0 Å². The van der Waals surface area contributed by atoms with Crippen LogP contribution < -0.4 is 10.3 Å². The molecule has 1 aromatic carbocycles. The molecule has 0 N–H and O–H groups in total. The molecule has 0 aliphatic rings. The van der Waals surface area contributed by atoms with Crippen LogP contribution in [-0.4, -0.2) is 32.0 Å². The number of terminal acetylenes is 1. The minimum absolute atomic E-state index is 0.254. The van der Waals surface area contributed by atoms with Crippen molar-refractivity contribution in [1.29, 1.82) is 0 Å². The first-order chi connectivity index (χ1) is 10.7. The molecule has 0 fully saturated rings. The van der Waals surface area contributed by atoms with Gasteiger partial charge >= 0.3 is 5.56 Å². The van der Waals surface area contributed by atoms with Crippen molar-refractivity contribution in [2.45, 2.75) is 5.16 Å². The van der Waals surface area contributed by atoms with Crippen LogP contribution in [-0.2, 0) is 0 Å². The summed E-state index contributed by atoms with van der Waals surface area (Å²) in [5, 5.41) is 8.56. The average Bonchev–Trinajstić information content (AvgIpc) is 2.97. The van der Waals surface area contributed by atoms with Gasteiger partial charge in [-0.05, 0) is 12.1 Å². The van der Waals surface area contributed by atoms with E-state index in [2.05, 4.69) is 16.1 Å². The van der Waals surface area contributed by atoms with E-state index in [1.807, 2.05) is 18.2 Å². The second-order valence-electron chi connectivity index (χ2n) is 4.34. The lowest BCUT2D eigenvalue weighted by molar-refractivity contribution is 0.414. The molecule has 22 heavy (non-hydrogen) atoms. The highest BCUT2D eigenvalue weighted by Gasteiger charge is 2.11. The molecule has 0 unspecified atom stereocenters. The molecular weight excluding hydrogens is 300 g/mol. The molecular formula is C15H12N4O2S. The second-order valence-corrected chi connectivity index (χ2v) is 5.29. The average molecular weight is 312 g/mol. The second kappa shape index (κ2) is 5.95. The Kier molecular flexibility index (Phi) is 3.85. The predicted molar refractivity (Wildman–Crippen MR) is 84.7 cm³/mol. The van der Waals surface area contributed by atoms with E-state index in [0.717, 1.165) is 0 Å². The first kappa shape index (κ1) is 14.2. The molecule has 6 nitrogen and oxygen atoms in total. The van der Waals surface area contributed by atoms with Gasteiger partial charge in [0.1, 0.15) is 5.75 Å². The van der Waals surface area contributed by atoms with E-state index in [1.165, 1.54) is 16.3 Å². The number of benzene rings is 1. The maximum absolute atomic E-state index is 12.6. The zero-order valence-electron chi connectivity index (χ0n) is 11.8. The van der Waals surface area contributed by atoms with Crippen molar-refractivity contribution in [3.63, 3.8) is 0 Å². The SMILES string of the molecule is C#CCSc1nnc2c(=O)n(-c3cccc(OC)c3)ccn12. The van der Waals surface area contributed by atoms with Gasteiger partial charge in [0.05, 0.1) is 18.6 Å². The van der Waals surface area contributed by atoms with Crippen LogP contribution in [0.5, 0.6) is 5.75 Å². The Morgan fingerprint density at radius 3 is 3.00 bits per heavy atom. The number of hydrogen-bond acceptors (Lipinski definition) is 5. The van der Waals surface area contributed by atoms with Crippen molar-refractivity contribution >= 4 is 17.4 Å². The van der Waals surface area contributed by atoms with Crippen LogP contribution in [0, 0.1) is 12.3 Å². The van der Waals surface area contributed by atoms with Gasteiger partial charge in [-0.15, -0.1) is 16.6 Å². The topological polar surface area (TPSA) is 61.4 Å². The van der Waals surface area contributed by atoms with E-state index in [4.69, 9.17) is 11.2 Å². The summed E-state index contributed by atoms with van der Waals surface area (Å²) in [6.45, 7) is 0. The monoisotopic (exact) mass is 312 g/mol. The highest BCUT2D eigenvalue weighted by molar-refractivity contribution is 7.99. The van der Waals surface area contributed by atoms with E-state index >= 15 is 0 Å². The highest BCUT2D eigenvalue weighted by atomic mass is 32.2. The molecule has 3 aromatic rings. The molecule has 0 bridgehead atoms. The van der Waals surface area contributed by atoms with Gasteiger partial charge in [0.25, 0.3) is 0 Å². The van der Waals surface area contributed by atoms with Gasteiger partial charge in [0.15, 0.2) is 5.16 Å². The third-order valence-electron chi connectivity index (χ3n) is 3.06. The molecule has 0 radical (unpaired) electrons. The van der Waals surface area contributed by atoms with E-state index in [-0.39, 0.29) is 11.2 Å². The van der Waals surface area contributed by atoms with Crippen molar-refractivity contribution in [1.82, 2.24) is 19.2 Å². The van der Waals surface area contributed by atoms with Gasteiger partial charge in [0.2, 0.25) is 5.65 Å². The summed E-state index contributed by atoms with van der Waals surface area (Å²) in [5.74, 6) is 3.67. The molecule has 0 saturated carbocycles. The van der Waals surface area contributed by atoms with Gasteiger partial charge in [-0.25, -0.2) is 0 Å². The molecule has 110 valence electrons. The Hall–Kier alpha value is -2.72. The molecule has 0 saturated heterocycles. The smallest absolute Gasteiger partial charge is 0.300 e. The van der Waals surface area contributed by atoms with Crippen LogP contribution in [0.2, 0.25) is 0 Å². The molecule has 2 heterocycles. The van der Waals surface area contributed by atoms with Crippen LogP contribution in [0.25, 0.3) is 11.3 Å². The lowest BCUT2D eigenvalue weighted by atomic mass is 10.3. The van der Waals surface area contributed by atoms with Gasteiger partial charge in [-0.1, -0.05) is 23.7 Å². The van der Waals surface area contributed by atoms with E-state index in [9.17, 15) is 4.79 Å². The van der Waals surface area contributed by atoms with E-state index in [0.29, 0.717) is 22.3 Å². The summed E-state index contributed by atoms with van der Waals surface area (Å²) in [6.07, 6.45) is 8.66. The Morgan fingerprint density at radius 2 is 2.23 bits per heavy atom. The fraction of sp³-hybridized carbons (Fsp3) is 0.133. The number of rotatable bonds is 4. The van der Waals surface area contributed by atoms with Crippen LogP contribution in [0.1, 0.15) is 0 Å². The summed E-state index contributed by atoms with van der Waals surface area (Å²) < 4.78 is 8.32. The number of hydrogen-bond donors (Lipinski definition) is 0. The quantitative estimate of drug-likeness (QED) is 0.541. The molecule has 0 atom stereocenters. The van der Waals surface area contributed by atoms with Crippen LogP contribution >= 0.6 is 11.8 Å². The predicted octanol–water partition coefficient (Wildman–Crippen LogP) is 1.61. The maximum atomic E-state index is 12.6. The largest absolute Gasteiger partial charge is 0.497 e. The fourth-order valence-corrected chi connectivity index (χ4v) is 2.63. The number of fused-ring (bicyclic) bond motifs is 1. The van der Waals surface area contributed by atoms with Crippen molar-refractivity contribution in [3.05, 3.63) is 47.0 Å². The van der Waals surface area contributed by atoms with Gasteiger partial charge < -0.3 is 4.74 Å². The molecule has 0 spiro atoms. The normalized spacial score (nSPS) is 10.5. The lowest BCUT2D eigenvalue weighted by Gasteiger charge is -2.07. The summed E-state index contributed by atoms with van der Waals surface area (Å²) in [5.41, 5.74) is 0.702. The third-order valence-corrected chi connectivity index (χ3v) is 3.90. The summed E-state index contributed by atoms with van der Waals surface area (Å²) in [7, 11) is 1.58. The number of thioether (sulfide) groups is 1. The Labute approximate surface area is 130 Å². The van der Waals surface area contributed by atoms with Gasteiger partial charge in [-0.3, -0.25) is 13.8 Å². The molecule has 7 heteroatoms. The molecule has 0 amide bonds. The van der Waals surface area contributed by atoms with Crippen molar-refractivity contribution in [2.24, 2.45) is 0 Å². The van der Waals surface area contributed by atoms with Crippen molar-refractivity contribution in [2.75, 3.05) is 12.9 Å². The van der Waals surface area contributed by atoms with E-state index in [1.54, 1.807) is 30.0 Å². The first-order valence-electron chi connectivity index (χ1n) is 6.41. The zero-order chi connectivity index (χ0) is 15.5. The number of methoxy groups -OCH3 is 1. The van der Waals surface area contributed by atoms with Gasteiger partial charge in [0, 0.05) is 18.5 Å². The number of nitrogens with zero attached hydrogens (tertiary/aromatic N) is 4. The summed E-state index contributed by atoms with van der Waals surface area (Å²) in [6, 6.07) is 7.24. The first-order valence-corrected chi connectivity index (χ1v) is 7.40. The number of aromatic nitrogens is 4. The minimum atomic E-state index is -0.254. The third kappa shape index (κ3) is 2.44. The molecule has 2 aromatic heterocycles. The van der Waals surface area contributed by atoms with Crippen LogP contribution in [0.4, 0.5) is 0 Å². The summed E-state index contributed by atoms with van der Waals surface area (Å²) >= 11 is 1.36. The zero-order valence-corrected chi connectivity index (χ0v) is 12.6. The van der Waals surface area contributed by atoms with Gasteiger partial charge in [-0.2, -0.15) is 0 Å². The Balaban J connectivity index is 2.11. The van der Waals surface area contributed by atoms with Crippen LogP contribution in [0.15, 0.2) is 46.6 Å². The lowest BCUT2D eigenvalue weighted by Crippen LogP contribution is -2.20. The Bertz CT molecular complexity index is 923. The fourth-order valence-electron chi connectivity index (χ4n) is 2.03. The highest BCUT2D eigenvalue weighted by Crippen LogP contribution is 2.17. The maximum Gasteiger partial charge on any atom is 0.300 e. The molecule has 3 rings (SSSR count). The van der Waals surface area contributed by atoms with Crippen molar-refractivity contribution in [3.8, 4) is 23.8 Å². The van der Waals surface area contributed by atoms with Crippen molar-refractivity contribution < 1.29 is 4.74 Å². The number of ether oxygens (including phenoxy) is 1.